The summed E-state index contributed by atoms with van der Waals surface area (Å²) in [6.07, 6.45) is 0.123. The number of carbonyl (C=O) groups is 1. The van der Waals surface area contributed by atoms with Crippen molar-refractivity contribution in [3.05, 3.63) is 46.3 Å². The van der Waals surface area contributed by atoms with E-state index in [2.05, 4.69) is 15.2 Å². The number of aromatic amines is 1. The summed E-state index contributed by atoms with van der Waals surface area (Å²) in [7, 11) is 0. The van der Waals surface area contributed by atoms with E-state index in [1.54, 1.807) is 13.0 Å². The molecule has 2 rings (SSSR count). The van der Waals surface area contributed by atoms with Gasteiger partial charge in [-0.05, 0) is 19.1 Å². The van der Waals surface area contributed by atoms with Gasteiger partial charge in [-0.2, -0.15) is 0 Å². The Kier molecular flexibility index (Phi) is 4.11. The van der Waals surface area contributed by atoms with Gasteiger partial charge in [-0.15, -0.1) is 5.10 Å². The van der Waals surface area contributed by atoms with E-state index in [4.69, 9.17) is 16.3 Å². The molecule has 1 aromatic carbocycles. The normalized spacial score (nSPS) is 10.5. The Balaban J connectivity index is 2.18. The summed E-state index contributed by atoms with van der Waals surface area (Å²) >= 11 is 5.90. The first kappa shape index (κ1) is 13.5. The van der Waals surface area contributed by atoms with E-state index in [0.717, 1.165) is 0 Å². The van der Waals surface area contributed by atoms with Gasteiger partial charge in [0, 0.05) is 17.0 Å². The van der Waals surface area contributed by atoms with Crippen molar-refractivity contribution in [2.24, 2.45) is 0 Å². The molecule has 0 aliphatic carbocycles. The standard InChI is InChI=1S/C12H11ClFN3O2/c1-2-19-12(18)11-15-10(16-17-11)6-7-8(13)4-3-5-9(7)14/h3-5H,2,6H2,1H3,(H,15,16,17). The monoisotopic (exact) mass is 283 g/mol. The minimum Gasteiger partial charge on any atom is -0.460 e. The van der Waals surface area contributed by atoms with E-state index in [9.17, 15) is 9.18 Å². The lowest BCUT2D eigenvalue weighted by molar-refractivity contribution is 0.0512. The zero-order valence-corrected chi connectivity index (χ0v) is 10.9. The Morgan fingerprint density at radius 1 is 1.53 bits per heavy atom. The van der Waals surface area contributed by atoms with Crippen LogP contribution in [0.3, 0.4) is 0 Å². The minimum atomic E-state index is -0.621. The molecule has 1 heterocycles. The maximum Gasteiger partial charge on any atom is 0.378 e. The van der Waals surface area contributed by atoms with Crippen molar-refractivity contribution in [1.82, 2.24) is 15.2 Å². The molecule has 0 saturated heterocycles. The average Bonchev–Trinajstić information content (AvgIpc) is 2.83. The number of halogens is 2. The topological polar surface area (TPSA) is 67.9 Å². The number of ether oxygens (including phenoxy) is 1. The van der Waals surface area contributed by atoms with Crippen LogP contribution in [0, 0.1) is 5.82 Å². The summed E-state index contributed by atoms with van der Waals surface area (Å²) in [4.78, 5) is 15.3. The fraction of sp³-hybridized carbons (Fsp3) is 0.250. The number of esters is 1. The number of nitrogens with one attached hydrogen (secondary N) is 1. The van der Waals surface area contributed by atoms with Gasteiger partial charge in [0.2, 0.25) is 0 Å². The molecule has 0 radical (unpaired) electrons. The highest BCUT2D eigenvalue weighted by molar-refractivity contribution is 6.31. The van der Waals surface area contributed by atoms with E-state index in [1.165, 1.54) is 12.1 Å². The number of carbonyl (C=O) groups excluding carboxylic acids is 1. The molecule has 0 bridgehead atoms. The van der Waals surface area contributed by atoms with Gasteiger partial charge in [0.05, 0.1) is 6.61 Å². The molecule has 7 heteroatoms. The highest BCUT2D eigenvalue weighted by Crippen LogP contribution is 2.21. The third-order valence-corrected chi connectivity index (χ3v) is 2.75. The lowest BCUT2D eigenvalue weighted by Crippen LogP contribution is -2.06. The van der Waals surface area contributed by atoms with Gasteiger partial charge in [-0.3, -0.25) is 5.10 Å². The van der Waals surface area contributed by atoms with Gasteiger partial charge in [0.15, 0.2) is 0 Å². The van der Waals surface area contributed by atoms with Gasteiger partial charge in [-0.25, -0.2) is 14.2 Å². The van der Waals surface area contributed by atoms with Crippen molar-refractivity contribution in [2.75, 3.05) is 6.61 Å². The number of H-pyrrole nitrogens is 1. The first-order valence-corrected chi connectivity index (χ1v) is 6.01. The van der Waals surface area contributed by atoms with Crippen molar-refractivity contribution in [3.63, 3.8) is 0 Å². The van der Waals surface area contributed by atoms with Crippen LogP contribution in [0.2, 0.25) is 5.02 Å². The van der Waals surface area contributed by atoms with E-state index in [0.29, 0.717) is 16.4 Å². The van der Waals surface area contributed by atoms with E-state index in [-0.39, 0.29) is 18.9 Å². The number of hydrogen-bond acceptors (Lipinski definition) is 4. The second kappa shape index (κ2) is 5.79. The lowest BCUT2D eigenvalue weighted by atomic mass is 10.1. The molecule has 0 aliphatic heterocycles. The Morgan fingerprint density at radius 2 is 2.32 bits per heavy atom. The van der Waals surface area contributed by atoms with Gasteiger partial charge in [0.1, 0.15) is 11.6 Å². The zero-order chi connectivity index (χ0) is 13.8. The molecule has 0 amide bonds. The Bertz CT molecular complexity index is 580. The molecule has 0 spiro atoms. The molecule has 100 valence electrons. The number of nitrogens with zero attached hydrogens (tertiary/aromatic N) is 2. The number of hydrogen-bond donors (Lipinski definition) is 1. The van der Waals surface area contributed by atoms with Crippen molar-refractivity contribution in [3.8, 4) is 0 Å². The first-order valence-electron chi connectivity index (χ1n) is 5.63. The summed E-state index contributed by atoms with van der Waals surface area (Å²) in [5.41, 5.74) is 0.302. The van der Waals surface area contributed by atoms with Crippen LogP contribution in [0.5, 0.6) is 0 Å². The van der Waals surface area contributed by atoms with Crippen LogP contribution in [0.15, 0.2) is 18.2 Å². The van der Waals surface area contributed by atoms with Crippen LogP contribution < -0.4 is 0 Å². The van der Waals surface area contributed by atoms with Crippen LogP contribution in [0.1, 0.15) is 28.9 Å². The second-order valence-electron chi connectivity index (χ2n) is 3.70. The van der Waals surface area contributed by atoms with Crippen molar-refractivity contribution < 1.29 is 13.9 Å². The van der Waals surface area contributed by atoms with Crippen LogP contribution in [-0.2, 0) is 11.2 Å². The van der Waals surface area contributed by atoms with Crippen molar-refractivity contribution >= 4 is 17.6 Å². The largest absolute Gasteiger partial charge is 0.460 e. The van der Waals surface area contributed by atoms with E-state index >= 15 is 0 Å². The predicted molar refractivity (Wildman–Crippen MR) is 66.6 cm³/mol. The zero-order valence-electron chi connectivity index (χ0n) is 10.1. The summed E-state index contributed by atoms with van der Waals surface area (Å²) in [5, 5.41) is 6.57. The second-order valence-corrected chi connectivity index (χ2v) is 4.11. The molecule has 0 unspecified atom stereocenters. The molecule has 0 aliphatic rings. The third-order valence-electron chi connectivity index (χ3n) is 2.40. The van der Waals surface area contributed by atoms with Gasteiger partial charge >= 0.3 is 5.97 Å². The minimum absolute atomic E-state index is 0.0793. The number of benzene rings is 1. The number of aromatic nitrogens is 3. The molecule has 0 saturated carbocycles. The third kappa shape index (κ3) is 3.08. The highest BCUT2D eigenvalue weighted by Gasteiger charge is 2.15. The summed E-state index contributed by atoms with van der Waals surface area (Å²) in [6.45, 7) is 1.92. The number of rotatable bonds is 4. The van der Waals surface area contributed by atoms with Crippen molar-refractivity contribution in [1.29, 1.82) is 0 Å². The van der Waals surface area contributed by atoms with E-state index < -0.39 is 11.8 Å². The Hall–Kier alpha value is -1.95. The fourth-order valence-corrected chi connectivity index (χ4v) is 1.76. The summed E-state index contributed by atoms with van der Waals surface area (Å²) in [6, 6.07) is 4.41. The molecule has 0 fully saturated rings. The molecule has 5 nitrogen and oxygen atoms in total. The van der Waals surface area contributed by atoms with Crippen LogP contribution in [0.25, 0.3) is 0 Å². The first-order chi connectivity index (χ1) is 9.11. The van der Waals surface area contributed by atoms with Gasteiger partial charge < -0.3 is 4.74 Å². The molecular weight excluding hydrogens is 273 g/mol. The average molecular weight is 284 g/mol. The fourth-order valence-electron chi connectivity index (χ4n) is 1.53. The molecule has 2 aromatic rings. The Labute approximate surface area is 113 Å². The SMILES string of the molecule is CCOC(=O)c1n[nH]c(Cc2c(F)cccc2Cl)n1. The highest BCUT2D eigenvalue weighted by atomic mass is 35.5. The maximum atomic E-state index is 13.6. The van der Waals surface area contributed by atoms with Crippen LogP contribution >= 0.6 is 11.6 Å². The predicted octanol–water partition coefficient (Wildman–Crippen LogP) is 2.36. The molecular formula is C12H11ClFN3O2. The van der Waals surface area contributed by atoms with Gasteiger partial charge in [-0.1, -0.05) is 17.7 Å². The Morgan fingerprint density at radius 3 is 3.00 bits per heavy atom. The van der Waals surface area contributed by atoms with Crippen LogP contribution in [-0.4, -0.2) is 27.8 Å². The smallest absolute Gasteiger partial charge is 0.378 e. The van der Waals surface area contributed by atoms with Crippen LogP contribution in [0.4, 0.5) is 4.39 Å². The molecule has 19 heavy (non-hydrogen) atoms. The maximum absolute atomic E-state index is 13.6. The lowest BCUT2D eigenvalue weighted by Gasteiger charge is -2.02. The quantitative estimate of drug-likeness (QED) is 0.875. The van der Waals surface area contributed by atoms with E-state index in [1.807, 2.05) is 0 Å². The molecule has 1 N–H and O–H groups in total. The van der Waals surface area contributed by atoms with Gasteiger partial charge in [0.25, 0.3) is 5.82 Å². The van der Waals surface area contributed by atoms with Crippen molar-refractivity contribution in [2.45, 2.75) is 13.3 Å². The summed E-state index contributed by atoms with van der Waals surface area (Å²) < 4.78 is 18.3. The molecule has 1 aromatic heterocycles. The molecule has 0 atom stereocenters. The summed E-state index contributed by atoms with van der Waals surface area (Å²) in [5.74, 6) is -0.786.